The second-order valence-corrected chi connectivity index (χ2v) is 5.62. The highest BCUT2D eigenvalue weighted by atomic mass is 127. The molecule has 0 amide bonds. The first-order chi connectivity index (χ1) is 10.0. The summed E-state index contributed by atoms with van der Waals surface area (Å²) in [5.74, 6) is -1.21. The molecule has 0 unspecified atom stereocenters. The molecule has 0 atom stereocenters. The zero-order valence-electron chi connectivity index (χ0n) is 10.6. The Hall–Kier alpha value is -2.16. The molecule has 0 aliphatic carbocycles. The number of carboxylic acids is 1. The summed E-state index contributed by atoms with van der Waals surface area (Å²) < 4.78 is 7.25. The van der Waals surface area contributed by atoms with Crippen LogP contribution in [-0.2, 0) is 6.54 Å². The molecule has 1 aromatic carbocycles. The lowest BCUT2D eigenvalue weighted by Gasteiger charge is -2.05. The highest BCUT2D eigenvalue weighted by Gasteiger charge is 2.11. The molecule has 0 saturated carbocycles. The third-order valence-electron chi connectivity index (χ3n) is 3.00. The van der Waals surface area contributed by atoms with Crippen molar-refractivity contribution >= 4 is 39.5 Å². The van der Waals surface area contributed by atoms with Gasteiger partial charge in [-0.1, -0.05) is 6.07 Å². The molecule has 0 aliphatic rings. The quantitative estimate of drug-likeness (QED) is 0.687. The van der Waals surface area contributed by atoms with Crippen LogP contribution in [0.15, 0.2) is 46.0 Å². The molecule has 3 aromatic rings. The maximum atomic E-state index is 11.9. The predicted octanol–water partition coefficient (Wildman–Crippen LogP) is 2.34. The molecule has 106 valence electrons. The number of carboxylic acid groups (broad SMARTS) is 1. The number of benzene rings is 1. The van der Waals surface area contributed by atoms with Gasteiger partial charge in [0.2, 0.25) is 5.76 Å². The van der Waals surface area contributed by atoms with Crippen LogP contribution >= 0.6 is 22.6 Å². The van der Waals surface area contributed by atoms with Crippen molar-refractivity contribution in [2.45, 2.75) is 6.54 Å². The van der Waals surface area contributed by atoms with Gasteiger partial charge in [-0.05, 0) is 46.4 Å². The number of furan rings is 1. The predicted molar refractivity (Wildman–Crippen MR) is 83.5 cm³/mol. The van der Waals surface area contributed by atoms with Gasteiger partial charge in [-0.2, -0.15) is 0 Å². The van der Waals surface area contributed by atoms with Crippen molar-refractivity contribution < 1.29 is 14.3 Å². The van der Waals surface area contributed by atoms with Crippen molar-refractivity contribution in [2.24, 2.45) is 0 Å². The fourth-order valence-electron chi connectivity index (χ4n) is 2.03. The number of nitrogens with zero attached hydrogens (tertiary/aromatic N) is 2. The molecule has 0 radical (unpaired) electrons. The number of aromatic carboxylic acids is 1. The smallest absolute Gasteiger partial charge is 0.371 e. The van der Waals surface area contributed by atoms with Gasteiger partial charge in [0, 0.05) is 11.6 Å². The van der Waals surface area contributed by atoms with Crippen LogP contribution in [0.5, 0.6) is 0 Å². The Kier molecular flexibility index (Phi) is 3.50. The first-order valence-electron chi connectivity index (χ1n) is 6.00. The number of fused-ring (bicyclic) bond motifs is 1. The number of carbonyl (C=O) groups is 1. The Labute approximate surface area is 132 Å². The first kappa shape index (κ1) is 13.8. The largest absolute Gasteiger partial charge is 0.475 e. The van der Waals surface area contributed by atoms with E-state index in [9.17, 15) is 9.59 Å². The number of hydrogen-bond donors (Lipinski definition) is 1. The molecule has 2 heterocycles. The Morgan fingerprint density at radius 3 is 2.95 bits per heavy atom. The number of rotatable bonds is 3. The standard InChI is InChI=1S/C14H9IN2O4/c15-10-5-16-7-17(13(10)18)6-8-1-2-11-9(3-8)4-12(21-11)14(19)20/h1-5,7H,6H2,(H,19,20). The third kappa shape index (κ3) is 2.68. The molecular formula is C14H9IN2O4. The van der Waals surface area contributed by atoms with Gasteiger partial charge in [-0.15, -0.1) is 0 Å². The molecule has 0 spiro atoms. The zero-order valence-corrected chi connectivity index (χ0v) is 12.8. The summed E-state index contributed by atoms with van der Waals surface area (Å²) in [6.45, 7) is 0.367. The lowest BCUT2D eigenvalue weighted by atomic mass is 10.1. The molecule has 1 N–H and O–H groups in total. The molecular weight excluding hydrogens is 387 g/mol. The minimum absolute atomic E-state index is 0.102. The molecule has 0 aliphatic heterocycles. The van der Waals surface area contributed by atoms with E-state index in [2.05, 4.69) is 4.98 Å². The van der Waals surface area contributed by atoms with Gasteiger partial charge in [0.25, 0.3) is 5.56 Å². The van der Waals surface area contributed by atoms with Crippen molar-refractivity contribution in [1.29, 1.82) is 0 Å². The van der Waals surface area contributed by atoms with Gasteiger partial charge in [-0.25, -0.2) is 9.78 Å². The molecule has 0 bridgehead atoms. The maximum absolute atomic E-state index is 11.9. The summed E-state index contributed by atoms with van der Waals surface area (Å²) in [5, 5.41) is 9.60. The van der Waals surface area contributed by atoms with E-state index < -0.39 is 5.97 Å². The van der Waals surface area contributed by atoms with Crippen LogP contribution in [0.3, 0.4) is 0 Å². The van der Waals surface area contributed by atoms with Crippen molar-refractivity contribution in [3.63, 3.8) is 0 Å². The van der Waals surface area contributed by atoms with E-state index in [4.69, 9.17) is 9.52 Å². The monoisotopic (exact) mass is 396 g/mol. The van der Waals surface area contributed by atoms with E-state index >= 15 is 0 Å². The van der Waals surface area contributed by atoms with E-state index in [1.165, 1.54) is 23.2 Å². The Bertz CT molecular complexity index is 897. The summed E-state index contributed by atoms with van der Waals surface area (Å²) in [6.07, 6.45) is 2.99. The molecule has 3 rings (SSSR count). The summed E-state index contributed by atoms with van der Waals surface area (Å²) >= 11 is 1.94. The van der Waals surface area contributed by atoms with Crippen molar-refractivity contribution in [3.05, 3.63) is 62.0 Å². The Morgan fingerprint density at radius 2 is 2.19 bits per heavy atom. The normalized spacial score (nSPS) is 10.9. The van der Waals surface area contributed by atoms with E-state index in [1.807, 2.05) is 22.6 Å². The number of aromatic nitrogens is 2. The van der Waals surface area contributed by atoms with Crippen molar-refractivity contribution in [2.75, 3.05) is 0 Å². The van der Waals surface area contributed by atoms with Gasteiger partial charge in [0.05, 0.1) is 16.4 Å². The van der Waals surface area contributed by atoms with Crippen LogP contribution in [0.25, 0.3) is 11.0 Å². The highest BCUT2D eigenvalue weighted by molar-refractivity contribution is 14.1. The van der Waals surface area contributed by atoms with Gasteiger partial charge in [0.15, 0.2) is 0 Å². The van der Waals surface area contributed by atoms with Gasteiger partial charge in [-0.3, -0.25) is 9.36 Å². The SMILES string of the molecule is O=C(O)c1cc2cc(Cn3cncc(I)c3=O)ccc2o1. The first-order valence-corrected chi connectivity index (χ1v) is 7.08. The van der Waals surface area contributed by atoms with Crippen LogP contribution in [0.2, 0.25) is 0 Å². The minimum Gasteiger partial charge on any atom is -0.475 e. The lowest BCUT2D eigenvalue weighted by Crippen LogP contribution is -2.22. The van der Waals surface area contributed by atoms with E-state index in [-0.39, 0.29) is 11.3 Å². The molecule has 0 fully saturated rings. The average molecular weight is 396 g/mol. The molecule has 2 aromatic heterocycles. The number of halogens is 1. The topological polar surface area (TPSA) is 85.3 Å². The molecule has 21 heavy (non-hydrogen) atoms. The summed E-state index contributed by atoms with van der Waals surface area (Å²) in [5.41, 5.74) is 1.26. The van der Waals surface area contributed by atoms with Gasteiger partial charge in [0.1, 0.15) is 5.58 Å². The van der Waals surface area contributed by atoms with Crippen LogP contribution in [0, 0.1) is 3.57 Å². The van der Waals surface area contributed by atoms with Crippen molar-refractivity contribution in [1.82, 2.24) is 9.55 Å². The molecule has 7 heteroatoms. The summed E-state index contributed by atoms with van der Waals surface area (Å²) in [7, 11) is 0. The fraction of sp³-hybridized carbons (Fsp3) is 0.0714. The lowest BCUT2D eigenvalue weighted by molar-refractivity contribution is 0.0665. The van der Waals surface area contributed by atoms with Gasteiger partial charge < -0.3 is 9.52 Å². The minimum atomic E-state index is -1.11. The van der Waals surface area contributed by atoms with E-state index in [1.54, 1.807) is 18.2 Å². The van der Waals surface area contributed by atoms with E-state index in [0.717, 1.165) is 5.56 Å². The Balaban J connectivity index is 1.99. The Morgan fingerprint density at radius 1 is 1.38 bits per heavy atom. The van der Waals surface area contributed by atoms with Crippen LogP contribution in [0.1, 0.15) is 16.1 Å². The third-order valence-corrected chi connectivity index (χ3v) is 3.74. The second-order valence-electron chi connectivity index (χ2n) is 4.46. The summed E-state index contributed by atoms with van der Waals surface area (Å²) in [4.78, 5) is 26.8. The fourth-order valence-corrected chi connectivity index (χ4v) is 2.50. The average Bonchev–Trinajstić information content (AvgIpc) is 2.87. The second kappa shape index (κ2) is 5.32. The molecule has 6 nitrogen and oxygen atoms in total. The number of hydrogen-bond acceptors (Lipinski definition) is 4. The van der Waals surface area contributed by atoms with Gasteiger partial charge >= 0.3 is 5.97 Å². The highest BCUT2D eigenvalue weighted by Crippen LogP contribution is 2.21. The summed E-state index contributed by atoms with van der Waals surface area (Å²) in [6, 6.07) is 6.77. The van der Waals surface area contributed by atoms with Crippen LogP contribution in [0.4, 0.5) is 0 Å². The van der Waals surface area contributed by atoms with E-state index in [0.29, 0.717) is 21.1 Å². The molecule has 0 saturated heterocycles. The van der Waals surface area contributed by atoms with Crippen LogP contribution in [-0.4, -0.2) is 20.6 Å². The van der Waals surface area contributed by atoms with Crippen LogP contribution < -0.4 is 5.56 Å². The maximum Gasteiger partial charge on any atom is 0.371 e. The van der Waals surface area contributed by atoms with Crippen molar-refractivity contribution in [3.8, 4) is 0 Å². The zero-order chi connectivity index (χ0) is 15.0.